The van der Waals surface area contributed by atoms with Crippen LogP contribution >= 0.6 is 0 Å². The number of furan rings is 1. The van der Waals surface area contributed by atoms with Crippen molar-refractivity contribution < 1.29 is 23.7 Å². The van der Waals surface area contributed by atoms with Crippen LogP contribution in [0.2, 0.25) is 0 Å². The Hall–Kier alpha value is -4.92. The van der Waals surface area contributed by atoms with E-state index in [0.29, 0.717) is 34.9 Å². The van der Waals surface area contributed by atoms with E-state index in [1.165, 1.54) is 27.9 Å². The number of nitrogen functional groups attached to an aromatic ring is 1. The molecule has 0 unspecified atom stereocenters. The SMILES string of the molecule is CC[NH+](CC)Cc1c(C(=O)N/N=C\c2ccc(-c3ccc([N+](=O)[O-])cc3C)o2)nnn1-c1nonc1N. The molecule has 0 aliphatic rings. The molecule has 3 heterocycles. The summed E-state index contributed by atoms with van der Waals surface area (Å²) in [4.78, 5) is 24.6. The van der Waals surface area contributed by atoms with E-state index in [9.17, 15) is 14.9 Å². The van der Waals surface area contributed by atoms with E-state index < -0.39 is 10.8 Å². The minimum atomic E-state index is -0.586. The number of quaternary nitrogens is 1. The fraction of sp³-hybridized carbons (Fsp3) is 0.273. The Kier molecular flexibility index (Phi) is 7.34. The third-order valence-corrected chi connectivity index (χ3v) is 5.76. The number of aryl methyl sites for hydroxylation is 1. The number of nitro groups is 1. The van der Waals surface area contributed by atoms with Gasteiger partial charge in [-0.1, -0.05) is 5.21 Å². The fourth-order valence-corrected chi connectivity index (χ4v) is 3.69. The maximum Gasteiger partial charge on any atom is 0.294 e. The van der Waals surface area contributed by atoms with Crippen molar-refractivity contribution in [2.45, 2.75) is 27.3 Å². The minimum absolute atomic E-state index is 0.00120. The molecule has 0 aliphatic carbocycles. The van der Waals surface area contributed by atoms with Crippen molar-refractivity contribution in [1.82, 2.24) is 30.7 Å². The number of hydrazone groups is 1. The van der Waals surface area contributed by atoms with Gasteiger partial charge in [0.1, 0.15) is 23.8 Å². The molecule has 4 aromatic rings. The highest BCUT2D eigenvalue weighted by molar-refractivity contribution is 5.94. The molecule has 4 N–H and O–H groups in total. The van der Waals surface area contributed by atoms with Crippen LogP contribution in [0.25, 0.3) is 17.1 Å². The quantitative estimate of drug-likeness (QED) is 0.157. The van der Waals surface area contributed by atoms with E-state index in [2.05, 4.69) is 35.8 Å². The van der Waals surface area contributed by atoms with Gasteiger partial charge in [-0.25, -0.2) is 10.1 Å². The Morgan fingerprint density at radius 2 is 2.05 bits per heavy atom. The summed E-state index contributed by atoms with van der Waals surface area (Å²) in [6.45, 7) is 7.85. The molecule has 0 bridgehead atoms. The van der Waals surface area contributed by atoms with Gasteiger partial charge in [-0.15, -0.1) is 5.10 Å². The molecule has 0 radical (unpaired) electrons. The van der Waals surface area contributed by atoms with Crippen LogP contribution in [-0.2, 0) is 6.54 Å². The monoisotopic (exact) mass is 509 g/mol. The average molecular weight is 510 g/mol. The molecule has 0 aliphatic heterocycles. The predicted molar refractivity (Wildman–Crippen MR) is 130 cm³/mol. The molecule has 3 aromatic heterocycles. The number of carbonyl (C=O) groups is 1. The molecule has 0 spiro atoms. The van der Waals surface area contributed by atoms with Gasteiger partial charge in [0, 0.05) is 17.7 Å². The van der Waals surface area contributed by atoms with Crippen LogP contribution in [0.3, 0.4) is 0 Å². The molecule has 1 aromatic carbocycles. The van der Waals surface area contributed by atoms with E-state index in [4.69, 9.17) is 10.2 Å². The molecule has 0 saturated heterocycles. The second-order valence-electron chi connectivity index (χ2n) is 8.06. The number of non-ortho nitro benzene ring substituents is 1. The summed E-state index contributed by atoms with van der Waals surface area (Å²) in [5.41, 5.74) is 10.2. The Labute approximate surface area is 210 Å². The van der Waals surface area contributed by atoms with E-state index in [-0.39, 0.29) is 23.0 Å². The van der Waals surface area contributed by atoms with Crippen LogP contribution in [0.5, 0.6) is 0 Å². The topological polar surface area (TPSA) is 198 Å². The van der Waals surface area contributed by atoms with Gasteiger partial charge in [0.15, 0.2) is 5.69 Å². The van der Waals surface area contributed by atoms with Crippen molar-refractivity contribution in [1.29, 1.82) is 0 Å². The van der Waals surface area contributed by atoms with Gasteiger partial charge >= 0.3 is 0 Å². The Morgan fingerprint density at radius 3 is 2.70 bits per heavy atom. The van der Waals surface area contributed by atoms with E-state index in [0.717, 1.165) is 13.1 Å². The number of nitrogens with one attached hydrogen (secondary N) is 2. The van der Waals surface area contributed by atoms with Crippen LogP contribution < -0.4 is 16.1 Å². The second kappa shape index (κ2) is 10.8. The number of anilines is 1. The van der Waals surface area contributed by atoms with E-state index in [1.807, 2.05) is 13.8 Å². The number of nitrogens with zero attached hydrogens (tertiary/aromatic N) is 7. The first-order valence-electron chi connectivity index (χ1n) is 11.4. The van der Waals surface area contributed by atoms with Crippen LogP contribution in [0.4, 0.5) is 11.5 Å². The summed E-state index contributed by atoms with van der Waals surface area (Å²) in [5.74, 6) is 0.443. The lowest BCUT2D eigenvalue weighted by atomic mass is 10.1. The second-order valence-corrected chi connectivity index (χ2v) is 8.06. The molecule has 15 nitrogen and oxygen atoms in total. The maximum atomic E-state index is 12.9. The van der Waals surface area contributed by atoms with Crippen molar-refractivity contribution in [3.8, 4) is 17.1 Å². The third kappa shape index (κ3) is 5.35. The van der Waals surface area contributed by atoms with Gasteiger partial charge in [-0.3, -0.25) is 14.9 Å². The van der Waals surface area contributed by atoms with Gasteiger partial charge in [-0.2, -0.15) is 9.78 Å². The number of amides is 1. The maximum absolute atomic E-state index is 12.9. The van der Waals surface area contributed by atoms with Crippen molar-refractivity contribution in [3.63, 3.8) is 0 Å². The van der Waals surface area contributed by atoms with E-state index in [1.54, 1.807) is 25.1 Å². The average Bonchev–Trinajstić information content (AvgIpc) is 3.62. The molecule has 37 heavy (non-hydrogen) atoms. The number of benzene rings is 1. The third-order valence-electron chi connectivity index (χ3n) is 5.76. The summed E-state index contributed by atoms with van der Waals surface area (Å²) < 4.78 is 11.8. The lowest BCUT2D eigenvalue weighted by Gasteiger charge is -2.15. The molecular formula is C22H25N10O5+. The van der Waals surface area contributed by atoms with Gasteiger partial charge in [0.2, 0.25) is 11.6 Å². The summed E-state index contributed by atoms with van der Waals surface area (Å²) in [7, 11) is 0. The Bertz CT molecular complexity index is 1450. The fourth-order valence-electron chi connectivity index (χ4n) is 3.69. The largest absolute Gasteiger partial charge is 0.455 e. The van der Waals surface area contributed by atoms with Crippen molar-refractivity contribution in [2.75, 3.05) is 18.8 Å². The highest BCUT2D eigenvalue weighted by Crippen LogP contribution is 2.28. The van der Waals surface area contributed by atoms with Crippen LogP contribution in [0, 0.1) is 17.0 Å². The molecule has 0 fully saturated rings. The number of hydrogen-bond donors (Lipinski definition) is 3. The molecule has 0 atom stereocenters. The number of hydrogen-bond acceptors (Lipinski definition) is 11. The number of nitrogens with two attached hydrogens (primary N) is 1. The first-order valence-corrected chi connectivity index (χ1v) is 11.4. The highest BCUT2D eigenvalue weighted by atomic mass is 16.6. The zero-order valence-electron chi connectivity index (χ0n) is 20.3. The lowest BCUT2D eigenvalue weighted by Crippen LogP contribution is -3.10. The van der Waals surface area contributed by atoms with Crippen LogP contribution in [0.1, 0.15) is 41.4 Å². The number of aromatic nitrogens is 5. The molecule has 15 heteroatoms. The first-order chi connectivity index (χ1) is 17.8. The van der Waals surface area contributed by atoms with Gasteiger partial charge in [0.05, 0.1) is 24.2 Å². The molecular weight excluding hydrogens is 484 g/mol. The molecule has 1 amide bonds. The summed E-state index contributed by atoms with van der Waals surface area (Å²) >= 11 is 0. The summed E-state index contributed by atoms with van der Waals surface area (Å²) in [5, 5.41) is 30.3. The zero-order chi connectivity index (χ0) is 26.5. The van der Waals surface area contributed by atoms with Crippen molar-refractivity contribution >= 4 is 23.6 Å². The first kappa shape index (κ1) is 25.2. The van der Waals surface area contributed by atoms with E-state index >= 15 is 0 Å². The van der Waals surface area contributed by atoms with Gasteiger partial charge in [0.25, 0.3) is 11.6 Å². The predicted octanol–water partition coefficient (Wildman–Crippen LogP) is 0.898. The number of rotatable bonds is 10. The smallest absolute Gasteiger partial charge is 0.294 e. The van der Waals surface area contributed by atoms with Crippen molar-refractivity contribution in [3.05, 3.63) is 63.2 Å². The minimum Gasteiger partial charge on any atom is -0.455 e. The normalized spacial score (nSPS) is 11.5. The highest BCUT2D eigenvalue weighted by Gasteiger charge is 2.26. The van der Waals surface area contributed by atoms with Crippen LogP contribution in [-0.4, -0.2) is 55.4 Å². The van der Waals surface area contributed by atoms with Crippen LogP contribution in [0.15, 0.2) is 44.5 Å². The Morgan fingerprint density at radius 1 is 1.27 bits per heavy atom. The zero-order valence-corrected chi connectivity index (χ0v) is 20.3. The summed E-state index contributed by atoms with van der Waals surface area (Å²) in [6, 6.07) is 7.88. The molecule has 4 rings (SSSR count). The standard InChI is InChI=1S/C22H24N10O5/c1-4-30(5-2)12-17-19(25-29-31(17)21-20(23)27-37-28-21)22(33)26-24-11-15-7-9-18(36-15)16-8-6-14(32(34)35)10-13(16)3/h6-11H,4-5,12H2,1-3H3,(H2,23,27)(H,26,33)/p+1/b24-11-. The van der Waals surface area contributed by atoms with Gasteiger partial charge in [-0.05, 0) is 54.8 Å². The Balaban J connectivity index is 1.51. The lowest BCUT2D eigenvalue weighted by molar-refractivity contribution is -0.910. The molecule has 192 valence electrons. The van der Waals surface area contributed by atoms with Crippen molar-refractivity contribution in [2.24, 2.45) is 5.10 Å². The molecule has 0 saturated carbocycles. The number of carbonyl (C=O) groups excluding carboxylic acids is 1. The summed E-state index contributed by atoms with van der Waals surface area (Å²) in [6.07, 6.45) is 1.33. The number of nitro benzene ring substituents is 1. The van der Waals surface area contributed by atoms with Gasteiger partial charge < -0.3 is 15.1 Å².